The third kappa shape index (κ3) is 3.59. The molecule has 32 heavy (non-hydrogen) atoms. The molecule has 0 unspecified atom stereocenters. The van der Waals surface area contributed by atoms with Crippen molar-refractivity contribution in [1.82, 2.24) is 0 Å². The van der Waals surface area contributed by atoms with Gasteiger partial charge in [0.15, 0.2) is 0 Å². The first kappa shape index (κ1) is 19.5. The molecule has 4 aromatic carbocycles. The Morgan fingerprint density at radius 2 is 0.906 bits per heavy atom. The van der Waals surface area contributed by atoms with E-state index in [0.29, 0.717) is 11.1 Å². The number of anilines is 2. The maximum atomic E-state index is 13.8. The van der Waals surface area contributed by atoms with Gasteiger partial charge in [-0.05, 0) is 35.4 Å². The van der Waals surface area contributed by atoms with Gasteiger partial charge in [0.1, 0.15) is 11.4 Å². The summed E-state index contributed by atoms with van der Waals surface area (Å²) >= 11 is 0. The third-order valence-corrected chi connectivity index (χ3v) is 5.41. The number of Topliss-reactive ketones (excluding diaryl/α,β-unsaturated/α-hetero) is 2. The van der Waals surface area contributed by atoms with E-state index in [0.717, 1.165) is 22.5 Å². The van der Waals surface area contributed by atoms with Crippen molar-refractivity contribution >= 4 is 22.9 Å². The molecule has 0 heterocycles. The summed E-state index contributed by atoms with van der Waals surface area (Å²) in [4.78, 5) is 27.5. The molecule has 0 saturated heterocycles. The van der Waals surface area contributed by atoms with Crippen LogP contribution in [0.1, 0.15) is 20.7 Å². The lowest BCUT2D eigenvalue weighted by Gasteiger charge is -2.25. The fourth-order valence-corrected chi connectivity index (χ4v) is 3.90. The van der Waals surface area contributed by atoms with Crippen molar-refractivity contribution in [3.63, 3.8) is 0 Å². The maximum absolute atomic E-state index is 13.8. The highest BCUT2D eigenvalue weighted by atomic mass is 16.1. The Bertz CT molecular complexity index is 1330. The van der Waals surface area contributed by atoms with Crippen LogP contribution in [0.15, 0.2) is 121 Å². The number of fused-ring (bicyclic) bond motifs is 1. The van der Waals surface area contributed by atoms with Crippen LogP contribution in [0.4, 0.5) is 11.4 Å². The summed E-state index contributed by atoms with van der Waals surface area (Å²) < 4.78 is 0. The van der Waals surface area contributed by atoms with Gasteiger partial charge in [-0.2, -0.15) is 0 Å². The molecule has 5 rings (SSSR count). The predicted molar refractivity (Wildman–Crippen MR) is 128 cm³/mol. The van der Waals surface area contributed by atoms with Gasteiger partial charge in [0.2, 0.25) is 11.6 Å². The highest BCUT2D eigenvalue weighted by Crippen LogP contribution is 2.35. The average molecular weight is 416 g/mol. The number of hydrogen-bond donors (Lipinski definition) is 2. The summed E-state index contributed by atoms with van der Waals surface area (Å²) in [7, 11) is 0. The molecule has 0 aliphatic heterocycles. The van der Waals surface area contributed by atoms with Gasteiger partial charge < -0.3 is 10.6 Å². The van der Waals surface area contributed by atoms with E-state index in [1.165, 1.54) is 0 Å². The molecule has 0 amide bonds. The van der Waals surface area contributed by atoms with Crippen LogP contribution < -0.4 is 10.6 Å². The predicted octanol–water partition coefficient (Wildman–Crippen LogP) is 6.17. The number of rotatable bonds is 5. The first-order chi connectivity index (χ1) is 15.7. The van der Waals surface area contributed by atoms with E-state index in [9.17, 15) is 9.59 Å². The van der Waals surface area contributed by atoms with Crippen LogP contribution in [0.25, 0.3) is 11.1 Å². The van der Waals surface area contributed by atoms with Gasteiger partial charge >= 0.3 is 0 Å². The minimum Gasteiger partial charge on any atom is -0.350 e. The quantitative estimate of drug-likeness (QED) is 0.409. The minimum absolute atomic E-state index is 0.221. The lowest BCUT2D eigenvalue weighted by molar-refractivity contribution is 0.0977. The molecule has 0 spiro atoms. The molecular weight excluding hydrogens is 396 g/mol. The summed E-state index contributed by atoms with van der Waals surface area (Å²) in [6, 6.07) is 33.9. The molecule has 0 atom stereocenters. The van der Waals surface area contributed by atoms with Crippen molar-refractivity contribution in [3.05, 3.63) is 132 Å². The number of benzene rings is 4. The highest BCUT2D eigenvalue weighted by molar-refractivity contribution is 6.30. The molecule has 0 aromatic heterocycles. The zero-order chi connectivity index (χ0) is 21.9. The second-order valence-electron chi connectivity index (χ2n) is 7.48. The molecule has 0 saturated carbocycles. The van der Waals surface area contributed by atoms with Gasteiger partial charge in [0, 0.05) is 22.5 Å². The van der Waals surface area contributed by atoms with E-state index < -0.39 is 0 Å². The summed E-state index contributed by atoms with van der Waals surface area (Å²) in [5, 5.41) is 6.38. The third-order valence-electron chi connectivity index (χ3n) is 5.41. The molecule has 154 valence electrons. The van der Waals surface area contributed by atoms with Crippen molar-refractivity contribution in [2.75, 3.05) is 10.6 Å². The van der Waals surface area contributed by atoms with Gasteiger partial charge in [-0.1, -0.05) is 84.9 Å². The van der Waals surface area contributed by atoms with Crippen molar-refractivity contribution < 1.29 is 9.59 Å². The van der Waals surface area contributed by atoms with Crippen molar-refractivity contribution in [3.8, 4) is 11.1 Å². The van der Waals surface area contributed by atoms with E-state index in [-0.39, 0.29) is 23.0 Å². The van der Waals surface area contributed by atoms with Crippen molar-refractivity contribution in [1.29, 1.82) is 0 Å². The Labute approximate surface area is 186 Å². The fourth-order valence-electron chi connectivity index (χ4n) is 3.90. The second kappa shape index (κ2) is 8.36. The molecule has 0 bridgehead atoms. The molecular formula is C28H20N2O2. The van der Waals surface area contributed by atoms with E-state index in [1.54, 1.807) is 6.07 Å². The Morgan fingerprint density at radius 3 is 1.47 bits per heavy atom. The lowest BCUT2D eigenvalue weighted by Crippen LogP contribution is -2.30. The molecule has 4 heteroatoms. The Morgan fingerprint density at radius 1 is 0.438 bits per heavy atom. The second-order valence-corrected chi connectivity index (χ2v) is 7.48. The van der Waals surface area contributed by atoms with E-state index in [1.807, 2.05) is 103 Å². The summed E-state index contributed by atoms with van der Waals surface area (Å²) in [6.07, 6.45) is 0. The topological polar surface area (TPSA) is 58.2 Å². The number of ketones is 2. The minimum atomic E-state index is -0.223. The molecule has 2 N–H and O–H groups in total. The zero-order valence-electron chi connectivity index (χ0n) is 17.2. The summed E-state index contributed by atoms with van der Waals surface area (Å²) in [5.74, 6) is -0.444. The molecule has 1 aliphatic rings. The van der Waals surface area contributed by atoms with E-state index in [4.69, 9.17) is 0 Å². The first-order valence-corrected chi connectivity index (χ1v) is 10.4. The van der Waals surface area contributed by atoms with Crippen molar-refractivity contribution in [2.24, 2.45) is 0 Å². The van der Waals surface area contributed by atoms with Gasteiger partial charge in [-0.3, -0.25) is 9.59 Å². The fraction of sp³-hybridized carbons (Fsp3) is 0. The molecule has 4 aromatic rings. The number of carbonyl (C=O) groups excluding carboxylic acids is 2. The molecule has 0 fully saturated rings. The number of hydrogen-bond acceptors (Lipinski definition) is 4. The van der Waals surface area contributed by atoms with Crippen LogP contribution in [0.2, 0.25) is 0 Å². The van der Waals surface area contributed by atoms with Crippen molar-refractivity contribution in [2.45, 2.75) is 0 Å². The van der Waals surface area contributed by atoms with Crippen LogP contribution in [-0.2, 0) is 0 Å². The number of carbonyl (C=O) groups is 2. The van der Waals surface area contributed by atoms with Gasteiger partial charge in [0.05, 0.1) is 0 Å². The van der Waals surface area contributed by atoms with Crippen LogP contribution in [0.3, 0.4) is 0 Å². The highest BCUT2D eigenvalue weighted by Gasteiger charge is 2.34. The van der Waals surface area contributed by atoms with Crippen LogP contribution in [0, 0.1) is 0 Å². The standard InChI is InChI=1S/C28H20N2O2/c31-27-23-18-10-17-22(19-11-4-1-5-12-19)24(23)28(32)26(30-21-15-8-3-9-16-21)25(27)29-20-13-6-2-7-14-20/h1-18,29-30H. The smallest absolute Gasteiger partial charge is 0.212 e. The number of nitrogens with one attached hydrogen (secondary N) is 2. The van der Waals surface area contributed by atoms with Crippen LogP contribution >= 0.6 is 0 Å². The number of allylic oxidation sites excluding steroid dienone is 2. The Kier molecular flexibility index (Phi) is 5.10. The van der Waals surface area contributed by atoms with Gasteiger partial charge in [-0.15, -0.1) is 0 Å². The Balaban J connectivity index is 1.68. The molecule has 1 aliphatic carbocycles. The zero-order valence-corrected chi connectivity index (χ0v) is 17.2. The lowest BCUT2D eigenvalue weighted by atomic mass is 9.84. The maximum Gasteiger partial charge on any atom is 0.212 e. The average Bonchev–Trinajstić information content (AvgIpc) is 2.86. The van der Waals surface area contributed by atoms with Crippen LogP contribution in [-0.4, -0.2) is 11.6 Å². The van der Waals surface area contributed by atoms with Gasteiger partial charge in [-0.25, -0.2) is 0 Å². The van der Waals surface area contributed by atoms with E-state index in [2.05, 4.69) is 10.6 Å². The normalized spacial score (nSPS) is 13.0. The molecule has 0 radical (unpaired) electrons. The largest absolute Gasteiger partial charge is 0.350 e. The SMILES string of the molecule is O=C1C(Nc2ccccc2)=C(Nc2ccccc2)C(=O)c2c1cccc2-c1ccccc1. The van der Waals surface area contributed by atoms with Crippen LogP contribution in [0.5, 0.6) is 0 Å². The monoisotopic (exact) mass is 416 g/mol. The molecule has 4 nitrogen and oxygen atoms in total. The summed E-state index contributed by atoms with van der Waals surface area (Å²) in [6.45, 7) is 0. The number of para-hydroxylation sites is 2. The van der Waals surface area contributed by atoms with Gasteiger partial charge in [0.25, 0.3) is 0 Å². The van der Waals surface area contributed by atoms with E-state index >= 15 is 0 Å². The first-order valence-electron chi connectivity index (χ1n) is 10.4. The Hall–Kier alpha value is -4.44. The summed E-state index contributed by atoms with van der Waals surface area (Å²) in [5.41, 5.74) is 4.39.